The Morgan fingerprint density at radius 2 is 1.74 bits per heavy atom. The van der Waals surface area contributed by atoms with Crippen molar-refractivity contribution < 1.29 is 19.2 Å². The van der Waals surface area contributed by atoms with Crippen molar-refractivity contribution in [1.82, 2.24) is 0 Å². The van der Waals surface area contributed by atoms with Crippen molar-refractivity contribution in [3.63, 3.8) is 0 Å². The summed E-state index contributed by atoms with van der Waals surface area (Å²) in [5, 5.41) is 0. The minimum Gasteiger partial charge on any atom is -0.349 e. The Kier molecular flexibility index (Phi) is 2.61. The third-order valence-corrected chi connectivity index (χ3v) is 5.97. The van der Waals surface area contributed by atoms with Gasteiger partial charge in [0.2, 0.25) is 5.79 Å². The molecule has 1 unspecified atom stereocenters. The molecule has 5 fully saturated rings. The van der Waals surface area contributed by atoms with Crippen molar-refractivity contribution in [3.8, 4) is 0 Å². The molecule has 4 aliphatic heterocycles. The highest BCUT2D eigenvalue weighted by Gasteiger charge is 2.67. The molecule has 1 spiro atoms. The second-order valence-corrected chi connectivity index (χ2v) is 7.22. The van der Waals surface area contributed by atoms with Gasteiger partial charge in [0.25, 0.3) is 0 Å². The van der Waals surface area contributed by atoms with Gasteiger partial charge in [-0.3, -0.25) is 0 Å². The average molecular weight is 268 g/mol. The second kappa shape index (κ2) is 3.94. The molecule has 2 bridgehead atoms. The maximum Gasteiger partial charge on any atom is 0.201 e. The summed E-state index contributed by atoms with van der Waals surface area (Å²) in [5.41, 5.74) is -0.370. The quantitative estimate of drug-likeness (QED) is 0.633. The summed E-state index contributed by atoms with van der Waals surface area (Å²) in [7, 11) is 0. The maximum atomic E-state index is 6.16. The molecule has 0 amide bonds. The van der Waals surface area contributed by atoms with Crippen molar-refractivity contribution in [2.75, 3.05) is 6.61 Å². The molecule has 5 aliphatic rings. The Morgan fingerprint density at radius 3 is 2.58 bits per heavy atom. The fourth-order valence-corrected chi connectivity index (χ4v) is 4.88. The molecule has 4 saturated heterocycles. The highest BCUT2D eigenvalue weighted by Crippen LogP contribution is 2.59. The van der Waals surface area contributed by atoms with E-state index in [1.807, 2.05) is 6.92 Å². The molecule has 19 heavy (non-hydrogen) atoms. The predicted molar refractivity (Wildman–Crippen MR) is 67.9 cm³/mol. The van der Waals surface area contributed by atoms with Crippen molar-refractivity contribution in [2.45, 2.75) is 64.1 Å². The van der Waals surface area contributed by atoms with Gasteiger partial charge in [-0.05, 0) is 43.9 Å². The van der Waals surface area contributed by atoms with E-state index in [9.17, 15) is 0 Å². The number of hydrogen-bond donors (Lipinski definition) is 0. The Hall–Kier alpha value is -0.160. The minimum absolute atomic E-state index is 0.248. The van der Waals surface area contributed by atoms with Crippen LogP contribution in [-0.2, 0) is 19.2 Å². The van der Waals surface area contributed by atoms with Crippen LogP contribution >= 0.6 is 0 Å². The molecule has 0 aromatic carbocycles. The van der Waals surface area contributed by atoms with E-state index in [1.54, 1.807) is 0 Å². The Balaban J connectivity index is 1.81. The second-order valence-electron chi connectivity index (χ2n) is 7.22. The first kappa shape index (κ1) is 12.6. The molecule has 0 aromatic rings. The van der Waals surface area contributed by atoms with Crippen molar-refractivity contribution in [2.24, 2.45) is 23.7 Å². The summed E-state index contributed by atoms with van der Waals surface area (Å²) >= 11 is 0. The summed E-state index contributed by atoms with van der Waals surface area (Å²) in [4.78, 5) is 11.7. The summed E-state index contributed by atoms with van der Waals surface area (Å²) < 4.78 is 12.2. The fourth-order valence-electron chi connectivity index (χ4n) is 4.88. The molecule has 4 heteroatoms. The van der Waals surface area contributed by atoms with Gasteiger partial charge in [-0.25, -0.2) is 9.78 Å². The normalized spacial score (nSPS) is 60.5. The fraction of sp³-hybridized carbons (Fsp3) is 1.00. The maximum absolute atomic E-state index is 6.16. The molecule has 1 aliphatic carbocycles. The smallest absolute Gasteiger partial charge is 0.201 e. The van der Waals surface area contributed by atoms with Crippen molar-refractivity contribution in [3.05, 3.63) is 0 Å². The zero-order chi connectivity index (χ0) is 13.3. The molecule has 7 atom stereocenters. The number of hydrogen-bond acceptors (Lipinski definition) is 4. The molecule has 5 rings (SSSR count). The third kappa shape index (κ3) is 1.54. The number of fused-ring (bicyclic) bond motifs is 2. The van der Waals surface area contributed by atoms with E-state index in [-0.39, 0.29) is 11.9 Å². The van der Waals surface area contributed by atoms with Gasteiger partial charge >= 0.3 is 0 Å². The number of ether oxygens (including phenoxy) is 2. The lowest BCUT2D eigenvalue weighted by atomic mass is 9.58. The lowest BCUT2D eigenvalue weighted by Crippen LogP contribution is -2.68. The van der Waals surface area contributed by atoms with E-state index in [0.717, 1.165) is 19.4 Å². The van der Waals surface area contributed by atoms with Crippen LogP contribution in [0.5, 0.6) is 0 Å². The van der Waals surface area contributed by atoms with Crippen LogP contribution in [0.2, 0.25) is 0 Å². The Morgan fingerprint density at radius 1 is 0.947 bits per heavy atom. The first-order valence-electron chi connectivity index (χ1n) is 7.71. The summed E-state index contributed by atoms with van der Waals surface area (Å²) in [6.45, 7) is 7.36. The molecular formula is C15H24O4. The molecule has 108 valence electrons. The van der Waals surface area contributed by atoms with Crippen LogP contribution in [0.25, 0.3) is 0 Å². The van der Waals surface area contributed by atoms with Crippen LogP contribution in [0.3, 0.4) is 0 Å². The summed E-state index contributed by atoms with van der Waals surface area (Å²) in [6.07, 6.45) is 4.24. The van der Waals surface area contributed by atoms with E-state index >= 15 is 0 Å². The van der Waals surface area contributed by atoms with E-state index in [1.165, 1.54) is 12.8 Å². The van der Waals surface area contributed by atoms with Crippen LogP contribution in [0.4, 0.5) is 0 Å². The summed E-state index contributed by atoms with van der Waals surface area (Å²) in [5.74, 6) is 1.53. The molecule has 0 N–H and O–H groups in total. The Labute approximate surface area is 114 Å². The SMILES string of the molecule is C[C@@H]1CC[C@H]2[C@@H](C)CO[C@@H]3OC4(C)CC[C@@H]1[C@]32OO4. The van der Waals surface area contributed by atoms with Gasteiger partial charge in [-0.1, -0.05) is 13.8 Å². The lowest BCUT2D eigenvalue weighted by Gasteiger charge is -2.58. The van der Waals surface area contributed by atoms with Crippen molar-refractivity contribution >= 4 is 0 Å². The lowest BCUT2D eigenvalue weighted by molar-refractivity contribution is -0.566. The van der Waals surface area contributed by atoms with E-state index in [2.05, 4.69) is 13.8 Å². The van der Waals surface area contributed by atoms with Crippen molar-refractivity contribution in [1.29, 1.82) is 0 Å². The molecule has 0 aromatic heterocycles. The number of rotatable bonds is 0. The highest BCUT2D eigenvalue weighted by atomic mass is 17.3. The van der Waals surface area contributed by atoms with Gasteiger partial charge in [-0.15, -0.1) is 0 Å². The monoisotopic (exact) mass is 268 g/mol. The van der Waals surface area contributed by atoms with Gasteiger partial charge in [-0.2, -0.15) is 0 Å². The Bertz CT molecular complexity index is 386. The first-order chi connectivity index (χ1) is 9.05. The van der Waals surface area contributed by atoms with Gasteiger partial charge in [0.1, 0.15) is 0 Å². The van der Waals surface area contributed by atoms with Gasteiger partial charge in [0, 0.05) is 12.3 Å². The molecule has 4 nitrogen and oxygen atoms in total. The summed E-state index contributed by atoms with van der Waals surface area (Å²) in [6, 6.07) is 0. The van der Waals surface area contributed by atoms with Crippen LogP contribution in [0.15, 0.2) is 0 Å². The van der Waals surface area contributed by atoms with Crippen LogP contribution in [0, 0.1) is 23.7 Å². The van der Waals surface area contributed by atoms with Gasteiger partial charge in [0.05, 0.1) is 6.61 Å². The molecule has 4 heterocycles. The van der Waals surface area contributed by atoms with E-state index < -0.39 is 5.79 Å². The van der Waals surface area contributed by atoms with Crippen LogP contribution in [0.1, 0.15) is 46.5 Å². The van der Waals surface area contributed by atoms with Crippen LogP contribution in [-0.4, -0.2) is 24.3 Å². The molecule has 0 radical (unpaired) electrons. The predicted octanol–water partition coefficient (Wildman–Crippen LogP) is 2.87. The average Bonchev–Trinajstić information content (AvgIpc) is 2.61. The molecule has 1 saturated carbocycles. The highest BCUT2D eigenvalue weighted by molar-refractivity contribution is 5.08. The topological polar surface area (TPSA) is 36.9 Å². The molecular weight excluding hydrogens is 244 g/mol. The largest absolute Gasteiger partial charge is 0.349 e. The van der Waals surface area contributed by atoms with E-state index in [4.69, 9.17) is 19.2 Å². The van der Waals surface area contributed by atoms with Gasteiger partial charge in [0.15, 0.2) is 11.9 Å². The minimum atomic E-state index is -0.627. The van der Waals surface area contributed by atoms with E-state index in [0.29, 0.717) is 23.7 Å². The van der Waals surface area contributed by atoms with Gasteiger partial charge < -0.3 is 9.47 Å². The first-order valence-corrected chi connectivity index (χ1v) is 7.71. The zero-order valence-corrected chi connectivity index (χ0v) is 12.1. The third-order valence-electron chi connectivity index (χ3n) is 5.97. The standard InChI is InChI=1S/C15H24O4/c1-9-4-5-11-10(2)8-16-13-15(11)12(9)6-7-14(3,17-13)18-19-15/h9-13H,4-8H2,1-3H3/t9-,10+,11+,12+,13-,14?,15+/m1/s1. The zero-order valence-electron chi connectivity index (χ0n) is 12.1. The van der Waals surface area contributed by atoms with Crippen LogP contribution < -0.4 is 0 Å².